The number of thiophene rings is 1. The first-order valence-corrected chi connectivity index (χ1v) is 9.59. The molecule has 0 bridgehead atoms. The lowest BCUT2D eigenvalue weighted by Gasteiger charge is -2.20. The van der Waals surface area contributed by atoms with E-state index in [4.69, 9.17) is 4.98 Å². The molecule has 6 heteroatoms. The molecular formula is C20H21N4OS+. The molecule has 2 aromatic heterocycles. The van der Waals surface area contributed by atoms with Crippen LogP contribution in [0.25, 0.3) is 21.5 Å². The molecule has 1 atom stereocenters. The summed E-state index contributed by atoms with van der Waals surface area (Å²) in [7, 11) is 2.17. The van der Waals surface area contributed by atoms with Gasteiger partial charge in [0.2, 0.25) is 0 Å². The summed E-state index contributed by atoms with van der Waals surface area (Å²) in [6, 6.07) is 13.6. The van der Waals surface area contributed by atoms with Crippen molar-refractivity contribution in [3.8, 4) is 10.6 Å². The second-order valence-corrected chi connectivity index (χ2v) is 7.47. The Hall–Kier alpha value is -2.70. The summed E-state index contributed by atoms with van der Waals surface area (Å²) in [5, 5.41) is 2.87. The van der Waals surface area contributed by atoms with Crippen LogP contribution < -0.4 is 15.8 Å². The maximum Gasteiger partial charge on any atom is 0.270 e. The number of fused-ring (bicyclic) bond motifs is 1. The van der Waals surface area contributed by atoms with Gasteiger partial charge in [-0.25, -0.2) is 4.98 Å². The second-order valence-electron chi connectivity index (χ2n) is 6.52. The Bertz CT molecular complexity index is 965. The number of carbonyl (C=O) groups excluding carboxylic acids is 1. The lowest BCUT2D eigenvalue weighted by atomic mass is 10.1. The fraction of sp³-hybridized carbons (Fsp3) is 0.200. The van der Waals surface area contributed by atoms with E-state index in [0.717, 1.165) is 46.7 Å². The highest BCUT2D eigenvalue weighted by Gasteiger charge is 2.16. The summed E-state index contributed by atoms with van der Waals surface area (Å²) < 4.78 is 0. The van der Waals surface area contributed by atoms with Gasteiger partial charge in [0.25, 0.3) is 5.91 Å². The number of aromatic nitrogens is 1. The van der Waals surface area contributed by atoms with Gasteiger partial charge in [-0.1, -0.05) is 24.3 Å². The third-order valence-corrected chi connectivity index (χ3v) is 5.48. The highest BCUT2D eigenvalue weighted by Crippen LogP contribution is 2.27. The first-order valence-electron chi connectivity index (χ1n) is 8.71. The van der Waals surface area contributed by atoms with Crippen molar-refractivity contribution in [2.75, 3.05) is 20.1 Å². The van der Waals surface area contributed by atoms with E-state index in [-0.39, 0.29) is 5.91 Å². The number of nitrogens with zero attached hydrogens (tertiary/aromatic N) is 1. The Kier molecular flexibility index (Phi) is 4.69. The number of rotatable bonds is 4. The van der Waals surface area contributed by atoms with Crippen molar-refractivity contribution in [1.29, 1.82) is 0 Å². The van der Waals surface area contributed by atoms with Crippen molar-refractivity contribution >= 4 is 28.1 Å². The Morgan fingerprint density at radius 2 is 2.12 bits per heavy atom. The van der Waals surface area contributed by atoms with E-state index >= 15 is 0 Å². The summed E-state index contributed by atoms with van der Waals surface area (Å²) in [5.74, 6) is -0.145. The molecule has 132 valence electrons. The quantitative estimate of drug-likeness (QED) is 0.620. The zero-order valence-corrected chi connectivity index (χ0v) is 15.4. The van der Waals surface area contributed by atoms with E-state index in [0.29, 0.717) is 5.56 Å². The summed E-state index contributed by atoms with van der Waals surface area (Å²) in [4.78, 5) is 20.1. The van der Waals surface area contributed by atoms with Gasteiger partial charge in [0.15, 0.2) is 0 Å². The molecule has 3 N–H and O–H groups in total. The molecule has 0 fully saturated rings. The molecule has 0 saturated carbocycles. The van der Waals surface area contributed by atoms with Crippen LogP contribution in [0, 0.1) is 0 Å². The number of pyridine rings is 1. The fourth-order valence-electron chi connectivity index (χ4n) is 3.08. The van der Waals surface area contributed by atoms with Crippen molar-refractivity contribution in [1.82, 2.24) is 15.8 Å². The number of benzene rings is 1. The second kappa shape index (κ2) is 7.27. The number of para-hydroxylation sites is 1. The first kappa shape index (κ1) is 16.8. The lowest BCUT2D eigenvalue weighted by molar-refractivity contribution is -0.875. The van der Waals surface area contributed by atoms with Gasteiger partial charge < -0.3 is 10.3 Å². The Labute approximate surface area is 156 Å². The van der Waals surface area contributed by atoms with Crippen LogP contribution in [0.1, 0.15) is 16.8 Å². The van der Waals surface area contributed by atoms with E-state index in [2.05, 4.69) is 24.0 Å². The molecule has 0 spiro atoms. The average molecular weight is 365 g/mol. The molecule has 1 aliphatic heterocycles. The highest BCUT2D eigenvalue weighted by molar-refractivity contribution is 7.13. The summed E-state index contributed by atoms with van der Waals surface area (Å²) in [6.07, 6.45) is 3.07. The van der Waals surface area contributed by atoms with Gasteiger partial charge >= 0.3 is 0 Å². The van der Waals surface area contributed by atoms with Crippen LogP contribution in [0.5, 0.6) is 0 Å². The molecule has 1 amide bonds. The van der Waals surface area contributed by atoms with Crippen molar-refractivity contribution in [3.63, 3.8) is 0 Å². The zero-order chi connectivity index (χ0) is 17.9. The summed E-state index contributed by atoms with van der Waals surface area (Å²) >= 11 is 1.62. The minimum absolute atomic E-state index is 0.145. The van der Waals surface area contributed by atoms with Crippen LogP contribution in [-0.2, 0) is 0 Å². The van der Waals surface area contributed by atoms with Gasteiger partial charge in [0.1, 0.15) is 0 Å². The van der Waals surface area contributed by atoms with Crippen LogP contribution in [0.4, 0.5) is 0 Å². The van der Waals surface area contributed by atoms with Crippen molar-refractivity contribution in [3.05, 3.63) is 65.2 Å². The molecule has 0 radical (unpaired) electrons. The third-order valence-electron chi connectivity index (χ3n) is 4.59. The third kappa shape index (κ3) is 3.47. The number of hydrogen-bond acceptors (Lipinski definition) is 4. The van der Waals surface area contributed by atoms with Crippen LogP contribution in [0.3, 0.4) is 0 Å². The minimum Gasteiger partial charge on any atom is -0.334 e. The maximum absolute atomic E-state index is 12.9. The van der Waals surface area contributed by atoms with Gasteiger partial charge in [-0.05, 0) is 29.7 Å². The lowest BCUT2D eigenvalue weighted by Crippen LogP contribution is -3.09. The fourth-order valence-corrected chi connectivity index (χ4v) is 3.77. The van der Waals surface area contributed by atoms with Crippen molar-refractivity contribution < 1.29 is 9.69 Å². The summed E-state index contributed by atoms with van der Waals surface area (Å²) in [6.45, 7) is 2.04. The standard InChI is InChI=1S/C20H20N4OS/c1-24-10-8-14(9-11-24)22-23-20(25)16-13-18(19-7-4-12-26-19)21-17-6-3-2-5-15(16)17/h2-8,12-13,22H,9-11H2,1H3,(H,23,25)/p+1. The van der Waals surface area contributed by atoms with E-state index in [1.54, 1.807) is 11.3 Å². The monoisotopic (exact) mass is 365 g/mol. The number of carbonyl (C=O) groups is 1. The molecule has 1 aliphatic rings. The molecule has 4 rings (SSSR count). The highest BCUT2D eigenvalue weighted by atomic mass is 32.1. The SMILES string of the molecule is C[NH+]1CC=C(NNC(=O)c2cc(-c3cccs3)nc3ccccc23)CC1. The number of nitrogens with one attached hydrogen (secondary N) is 3. The minimum atomic E-state index is -0.145. The largest absolute Gasteiger partial charge is 0.334 e. The number of hydrogen-bond donors (Lipinski definition) is 3. The summed E-state index contributed by atoms with van der Waals surface area (Å²) in [5.41, 5.74) is 9.30. The molecule has 3 aromatic rings. The predicted molar refractivity (Wildman–Crippen MR) is 105 cm³/mol. The van der Waals surface area contributed by atoms with Crippen LogP contribution in [-0.4, -0.2) is 31.0 Å². The number of amides is 1. The number of quaternary nitrogens is 1. The van der Waals surface area contributed by atoms with Crippen LogP contribution in [0.15, 0.2) is 59.6 Å². The number of likely N-dealkylation sites (N-methyl/N-ethyl adjacent to an activating group) is 1. The molecule has 1 aromatic carbocycles. The Morgan fingerprint density at radius 3 is 2.88 bits per heavy atom. The molecular weight excluding hydrogens is 344 g/mol. The topological polar surface area (TPSA) is 58.5 Å². The average Bonchev–Trinajstić information content (AvgIpc) is 3.21. The van der Waals surface area contributed by atoms with Crippen molar-refractivity contribution in [2.24, 2.45) is 0 Å². The Morgan fingerprint density at radius 1 is 1.23 bits per heavy atom. The van der Waals surface area contributed by atoms with Gasteiger partial charge in [0, 0.05) is 17.5 Å². The molecule has 1 unspecified atom stereocenters. The van der Waals surface area contributed by atoms with E-state index in [1.807, 2.05) is 47.8 Å². The zero-order valence-electron chi connectivity index (χ0n) is 14.6. The first-order chi connectivity index (χ1) is 12.7. The molecule has 26 heavy (non-hydrogen) atoms. The molecule has 0 aliphatic carbocycles. The van der Waals surface area contributed by atoms with E-state index < -0.39 is 0 Å². The van der Waals surface area contributed by atoms with Gasteiger partial charge in [-0.3, -0.25) is 10.2 Å². The van der Waals surface area contributed by atoms with Gasteiger partial charge in [0.05, 0.1) is 41.8 Å². The smallest absolute Gasteiger partial charge is 0.270 e. The van der Waals surface area contributed by atoms with Crippen LogP contribution >= 0.6 is 11.3 Å². The van der Waals surface area contributed by atoms with Crippen molar-refractivity contribution in [2.45, 2.75) is 6.42 Å². The normalized spacial score (nSPS) is 17.0. The van der Waals surface area contributed by atoms with Gasteiger partial charge in [-0.2, -0.15) is 0 Å². The number of hydrazine groups is 1. The maximum atomic E-state index is 12.9. The van der Waals surface area contributed by atoms with E-state index in [1.165, 1.54) is 4.90 Å². The Balaban J connectivity index is 1.63. The molecule has 0 saturated heterocycles. The predicted octanol–water partition coefficient (Wildman–Crippen LogP) is 2.00. The molecule has 5 nitrogen and oxygen atoms in total. The molecule has 3 heterocycles. The van der Waals surface area contributed by atoms with Crippen LogP contribution in [0.2, 0.25) is 0 Å². The van der Waals surface area contributed by atoms with E-state index in [9.17, 15) is 4.79 Å². The van der Waals surface area contributed by atoms with Gasteiger partial charge in [-0.15, -0.1) is 11.3 Å².